The normalized spacial score (nSPS) is 10.4. The molecule has 0 aliphatic heterocycles. The van der Waals surface area contributed by atoms with Crippen LogP contribution >= 0.6 is 0 Å². The van der Waals surface area contributed by atoms with Gasteiger partial charge in [-0.1, -0.05) is 83.9 Å². The van der Waals surface area contributed by atoms with E-state index in [2.05, 4.69) is 336 Å². The van der Waals surface area contributed by atoms with Crippen LogP contribution in [0.3, 0.4) is 0 Å². The van der Waals surface area contributed by atoms with Crippen LogP contribution in [0.25, 0.3) is 56.3 Å². The lowest BCUT2D eigenvalue weighted by atomic mass is 9.99. The van der Waals surface area contributed by atoms with Gasteiger partial charge in [0.2, 0.25) is 28.5 Å². The molecule has 0 aliphatic carbocycles. The second kappa shape index (κ2) is 27.1. The van der Waals surface area contributed by atoms with Crippen LogP contribution in [-0.4, -0.2) is 0 Å². The number of hydrogen-bond acceptors (Lipinski definition) is 0. The van der Waals surface area contributed by atoms with Crippen molar-refractivity contribution in [3.05, 3.63) is 268 Å². The van der Waals surface area contributed by atoms with E-state index in [-0.39, 0.29) is 0 Å². The summed E-state index contributed by atoms with van der Waals surface area (Å²) in [4.78, 5) is 0. The lowest BCUT2D eigenvalue weighted by Gasteiger charge is -2.08. The summed E-state index contributed by atoms with van der Waals surface area (Å²) in [6, 6.07) is 59.9. The highest BCUT2D eigenvalue weighted by Gasteiger charge is 2.18. The first kappa shape index (κ1) is 58.1. The number of benzene rings is 5. The molecule has 5 aromatic carbocycles. The number of nitrogens with zero attached hydrogens (tertiary/aromatic N) is 5. The van der Waals surface area contributed by atoms with Gasteiger partial charge in [-0.3, -0.25) is 0 Å². The Labute approximate surface area is 462 Å². The zero-order valence-corrected chi connectivity index (χ0v) is 49.3. The van der Waals surface area contributed by atoms with Crippen LogP contribution in [0.4, 0.5) is 0 Å². The number of aromatic nitrogens is 5. The molecule has 0 atom stereocenters. The highest BCUT2D eigenvalue weighted by atomic mass is 14.9. The molecule has 77 heavy (non-hydrogen) atoms. The lowest BCUT2D eigenvalue weighted by molar-refractivity contribution is -0.660. The summed E-state index contributed by atoms with van der Waals surface area (Å²) in [7, 11) is 10.4. The quantitative estimate of drug-likeness (QED) is 0.153. The molecule has 0 N–H and O–H groups in total. The lowest BCUT2D eigenvalue weighted by Crippen LogP contribution is -2.31. The van der Waals surface area contributed by atoms with Crippen molar-refractivity contribution >= 4 is 0 Å². The Morgan fingerprint density at radius 3 is 1.23 bits per heavy atom. The molecule has 10 aromatic rings. The third-order valence-corrected chi connectivity index (χ3v) is 14.8. The Kier molecular flexibility index (Phi) is 20.4. The summed E-state index contributed by atoms with van der Waals surface area (Å²) in [5, 5.41) is 0. The zero-order chi connectivity index (χ0) is 55.9. The van der Waals surface area contributed by atoms with E-state index in [9.17, 15) is 0 Å². The number of aryl methyl sites for hydroxylation is 15. The molecule has 0 radical (unpaired) electrons. The Balaban J connectivity index is 0.000000156. The maximum Gasteiger partial charge on any atom is 0.215 e. The average molecular weight is 1020 g/mol. The average Bonchev–Trinajstić information content (AvgIpc) is 3.41. The maximum atomic E-state index is 2.26. The molecule has 0 spiro atoms. The zero-order valence-electron chi connectivity index (χ0n) is 49.3. The van der Waals surface area contributed by atoms with E-state index >= 15 is 0 Å². The number of pyridine rings is 5. The first-order valence-corrected chi connectivity index (χ1v) is 26.9. The van der Waals surface area contributed by atoms with Gasteiger partial charge in [0, 0.05) is 87.5 Å². The molecule has 5 heterocycles. The fourth-order valence-electron chi connectivity index (χ4n) is 9.67. The van der Waals surface area contributed by atoms with Crippen LogP contribution < -0.4 is 22.8 Å². The minimum Gasteiger partial charge on any atom is -0.201 e. The van der Waals surface area contributed by atoms with E-state index in [0.29, 0.717) is 0 Å². The van der Waals surface area contributed by atoms with Crippen molar-refractivity contribution in [1.82, 2.24) is 0 Å². The fourth-order valence-corrected chi connectivity index (χ4v) is 9.67. The molecule has 0 bridgehead atoms. The van der Waals surface area contributed by atoms with Gasteiger partial charge in [0.25, 0.3) is 0 Å². The molecule has 10 rings (SSSR count). The van der Waals surface area contributed by atoms with Crippen molar-refractivity contribution in [2.24, 2.45) is 35.2 Å². The summed E-state index contributed by atoms with van der Waals surface area (Å²) in [5.74, 6) is 0. The van der Waals surface area contributed by atoms with Crippen molar-refractivity contribution in [2.45, 2.75) is 83.1 Å². The van der Waals surface area contributed by atoms with Crippen molar-refractivity contribution in [2.75, 3.05) is 0 Å². The highest BCUT2D eigenvalue weighted by molar-refractivity contribution is 5.66. The highest BCUT2D eigenvalue weighted by Crippen LogP contribution is 2.26. The number of hydrogen-bond donors (Lipinski definition) is 0. The van der Waals surface area contributed by atoms with E-state index in [4.69, 9.17) is 0 Å². The Morgan fingerprint density at radius 2 is 0.675 bits per heavy atom. The summed E-state index contributed by atoms with van der Waals surface area (Å²) >= 11 is 0. The molecule has 0 unspecified atom stereocenters. The molecular weight excluding hydrogens is 935 g/mol. The van der Waals surface area contributed by atoms with E-state index in [1.54, 1.807) is 0 Å². The Bertz CT molecular complexity index is 3580. The Hall–Kier alpha value is -8.15. The second-order valence-electron chi connectivity index (χ2n) is 20.8. The molecule has 5 aromatic heterocycles. The van der Waals surface area contributed by atoms with E-state index in [1.807, 2.05) is 6.07 Å². The predicted molar refractivity (Wildman–Crippen MR) is 322 cm³/mol. The first-order chi connectivity index (χ1) is 36.8. The fraction of sp³-hybridized carbons (Fsp3) is 0.236. The smallest absolute Gasteiger partial charge is 0.201 e. The summed E-state index contributed by atoms with van der Waals surface area (Å²) in [6.45, 7) is 25.9. The molecule has 0 saturated carbocycles. The molecule has 0 fully saturated rings. The second-order valence-corrected chi connectivity index (χ2v) is 20.8. The van der Waals surface area contributed by atoms with Gasteiger partial charge in [-0.05, 0) is 176 Å². The van der Waals surface area contributed by atoms with Crippen LogP contribution in [0.5, 0.6) is 0 Å². The van der Waals surface area contributed by atoms with Crippen molar-refractivity contribution in [1.29, 1.82) is 0 Å². The van der Waals surface area contributed by atoms with Crippen LogP contribution in [-0.2, 0) is 35.2 Å². The summed E-state index contributed by atoms with van der Waals surface area (Å²) in [6.07, 6.45) is 10.6. The van der Waals surface area contributed by atoms with Gasteiger partial charge >= 0.3 is 0 Å². The van der Waals surface area contributed by atoms with Gasteiger partial charge in [0.1, 0.15) is 35.2 Å². The van der Waals surface area contributed by atoms with E-state index in [1.165, 1.54) is 123 Å². The largest absolute Gasteiger partial charge is 0.215 e. The van der Waals surface area contributed by atoms with Gasteiger partial charge in [0.15, 0.2) is 31.0 Å². The van der Waals surface area contributed by atoms with Gasteiger partial charge in [-0.25, -0.2) is 22.8 Å². The predicted octanol–water partition coefficient (Wildman–Crippen LogP) is 14.6. The van der Waals surface area contributed by atoms with Gasteiger partial charge in [0.05, 0.1) is 0 Å². The van der Waals surface area contributed by atoms with Gasteiger partial charge in [-0.2, -0.15) is 0 Å². The first-order valence-electron chi connectivity index (χ1n) is 26.9. The minimum absolute atomic E-state index is 1.26. The maximum absolute atomic E-state index is 2.26. The molecule has 5 nitrogen and oxygen atoms in total. The third kappa shape index (κ3) is 15.0. The molecule has 0 amide bonds. The van der Waals surface area contributed by atoms with Crippen molar-refractivity contribution < 1.29 is 22.8 Å². The van der Waals surface area contributed by atoms with E-state index < -0.39 is 0 Å². The van der Waals surface area contributed by atoms with Crippen LogP contribution in [0, 0.1) is 83.1 Å². The van der Waals surface area contributed by atoms with Gasteiger partial charge in [-0.15, -0.1) is 0 Å². The molecule has 0 saturated heterocycles. The number of rotatable bonds is 5. The van der Waals surface area contributed by atoms with Crippen LogP contribution in [0.1, 0.15) is 66.8 Å². The third-order valence-electron chi connectivity index (χ3n) is 14.8. The standard InChI is InChI=1S/2C15H18N.3C14H16N/c1-11-7-5-6-8-14(11)15-9-12(2)13(3)10-16(15)4;1-11-9-10-16(4)15(13(11)3)14-8-6-5-7-12(14)2;1-11-7-6-8-13(12(11)2)14-9-4-5-10-15(14)3;1-11-7-8-13(12(2)10-11)14-6-4-5-9-15(14)3;1-11-7-8-12(2)13(10-11)14-6-4-5-9-15(14)3/h2*5-10H,1-4H3;3*4-10H,1-3H3/q5*+1. The van der Waals surface area contributed by atoms with Gasteiger partial charge < -0.3 is 0 Å². The van der Waals surface area contributed by atoms with Crippen molar-refractivity contribution in [3.8, 4) is 56.3 Å². The van der Waals surface area contributed by atoms with E-state index in [0.717, 1.165) is 0 Å². The minimum atomic E-state index is 1.26. The summed E-state index contributed by atoms with van der Waals surface area (Å²) in [5.41, 5.74) is 29.0. The topological polar surface area (TPSA) is 19.4 Å². The molecule has 0 aliphatic rings. The Morgan fingerprint density at radius 1 is 0.234 bits per heavy atom. The SMILES string of the molecule is Cc1cc(-c2ccccc2C)[n+](C)cc1C.Cc1ccc(-c2cccc[n+]2C)c(C)c1.Cc1ccc(C)c(-c2cccc[n+]2C)c1.Cc1cccc(-c2cccc[n+]2C)c1C.Cc1ccccc1-c1c(C)c(C)cc[n+]1C. The molecular formula is C72H84N5+5. The molecule has 392 valence electrons. The van der Waals surface area contributed by atoms with Crippen LogP contribution in [0.2, 0.25) is 0 Å². The monoisotopic (exact) mass is 1020 g/mol. The van der Waals surface area contributed by atoms with Crippen LogP contribution in [0.15, 0.2) is 201 Å². The molecule has 5 heteroatoms. The summed E-state index contributed by atoms with van der Waals surface area (Å²) < 4.78 is 10.9. The van der Waals surface area contributed by atoms with Crippen molar-refractivity contribution in [3.63, 3.8) is 0 Å².